The molecule has 0 saturated heterocycles. The number of hydrogen-bond donors (Lipinski definition) is 2. The van der Waals surface area contributed by atoms with Crippen molar-refractivity contribution in [1.29, 1.82) is 0 Å². The van der Waals surface area contributed by atoms with Gasteiger partial charge >= 0.3 is 0 Å². The molecule has 2 aromatic rings. The van der Waals surface area contributed by atoms with Gasteiger partial charge in [-0.25, -0.2) is 21.6 Å². The molecule has 0 aliphatic heterocycles. The van der Waals surface area contributed by atoms with Gasteiger partial charge in [0.1, 0.15) is 0 Å². The lowest BCUT2D eigenvalue weighted by Crippen LogP contribution is -2.33. The molecule has 11 heteroatoms. The highest BCUT2D eigenvalue weighted by molar-refractivity contribution is 7.89. The highest BCUT2D eigenvalue weighted by Crippen LogP contribution is 2.19. The largest absolute Gasteiger partial charge is 0.347 e. The summed E-state index contributed by atoms with van der Waals surface area (Å²) < 4.78 is 65.9. The standard InChI is InChI=1S/C21H24F3N3O4S/c1-3-27(4-2)32(30,31)15-8-5-14(6-9-15)7-12-18(28)25-13-19(29)26-17-11-10-16(22)20(23)21(17)24/h5-6,8-11H,3-4,7,12-13H2,1-2H3,(H,25,28)(H,26,29). The second-order valence-corrected chi connectivity index (χ2v) is 8.72. The summed E-state index contributed by atoms with van der Waals surface area (Å²) in [7, 11) is -3.56. The molecular weight excluding hydrogens is 447 g/mol. The van der Waals surface area contributed by atoms with Crippen molar-refractivity contribution in [3.63, 3.8) is 0 Å². The Hall–Kier alpha value is -2.92. The Labute approximate surface area is 184 Å². The van der Waals surface area contributed by atoms with Gasteiger partial charge in [-0.2, -0.15) is 4.31 Å². The number of aryl methyl sites for hydroxylation is 1. The minimum absolute atomic E-state index is 0.0228. The molecule has 0 aliphatic rings. The predicted octanol–water partition coefficient (Wildman–Crippen LogP) is 2.82. The van der Waals surface area contributed by atoms with Gasteiger partial charge in [0.25, 0.3) is 0 Å². The number of nitrogens with zero attached hydrogens (tertiary/aromatic N) is 1. The van der Waals surface area contributed by atoms with E-state index in [0.29, 0.717) is 25.6 Å². The number of anilines is 1. The topological polar surface area (TPSA) is 95.6 Å². The SMILES string of the molecule is CCN(CC)S(=O)(=O)c1ccc(CCC(=O)NCC(=O)Nc2ccc(F)c(F)c2F)cc1. The van der Waals surface area contributed by atoms with Crippen LogP contribution in [0.3, 0.4) is 0 Å². The zero-order valence-electron chi connectivity index (χ0n) is 17.6. The average molecular weight is 472 g/mol. The smallest absolute Gasteiger partial charge is 0.243 e. The van der Waals surface area contributed by atoms with Gasteiger partial charge < -0.3 is 10.6 Å². The van der Waals surface area contributed by atoms with Gasteiger partial charge in [-0.15, -0.1) is 0 Å². The molecule has 0 atom stereocenters. The molecule has 0 unspecified atom stereocenters. The molecule has 174 valence electrons. The third-order valence-electron chi connectivity index (χ3n) is 4.66. The molecule has 0 aliphatic carbocycles. The van der Waals surface area contributed by atoms with E-state index in [1.165, 1.54) is 16.4 Å². The minimum atomic E-state index is -3.56. The van der Waals surface area contributed by atoms with E-state index >= 15 is 0 Å². The summed E-state index contributed by atoms with van der Waals surface area (Å²) in [5, 5.41) is 4.39. The van der Waals surface area contributed by atoms with Gasteiger partial charge in [0.2, 0.25) is 21.8 Å². The van der Waals surface area contributed by atoms with E-state index in [1.807, 2.05) is 0 Å². The van der Waals surface area contributed by atoms with E-state index in [2.05, 4.69) is 10.6 Å². The fourth-order valence-electron chi connectivity index (χ4n) is 2.88. The Kier molecular flexibility index (Phi) is 8.79. The Morgan fingerprint density at radius 1 is 0.906 bits per heavy atom. The number of rotatable bonds is 10. The number of carbonyl (C=O) groups excluding carboxylic acids is 2. The average Bonchev–Trinajstić information content (AvgIpc) is 2.77. The van der Waals surface area contributed by atoms with Gasteiger partial charge in [0, 0.05) is 19.5 Å². The van der Waals surface area contributed by atoms with Crippen LogP contribution in [-0.2, 0) is 26.0 Å². The Morgan fingerprint density at radius 2 is 1.53 bits per heavy atom. The maximum absolute atomic E-state index is 13.6. The molecule has 7 nitrogen and oxygen atoms in total. The van der Waals surface area contributed by atoms with E-state index in [0.717, 1.165) is 11.6 Å². The third kappa shape index (κ3) is 6.30. The molecule has 2 N–H and O–H groups in total. The summed E-state index contributed by atoms with van der Waals surface area (Å²) in [6.45, 7) is 3.73. The van der Waals surface area contributed by atoms with Crippen LogP contribution >= 0.6 is 0 Å². The van der Waals surface area contributed by atoms with Crippen LogP contribution in [-0.4, -0.2) is 44.2 Å². The van der Waals surface area contributed by atoms with Crippen molar-refractivity contribution in [3.8, 4) is 0 Å². The number of amides is 2. The summed E-state index contributed by atoms with van der Waals surface area (Å²) in [6.07, 6.45) is 0.325. The van der Waals surface area contributed by atoms with Crippen LogP contribution in [0.5, 0.6) is 0 Å². The first-order valence-corrected chi connectivity index (χ1v) is 11.3. The highest BCUT2D eigenvalue weighted by Gasteiger charge is 2.21. The second kappa shape index (κ2) is 11.1. The van der Waals surface area contributed by atoms with Crippen molar-refractivity contribution in [2.24, 2.45) is 0 Å². The summed E-state index contributed by atoms with van der Waals surface area (Å²) in [6, 6.07) is 7.72. The predicted molar refractivity (Wildman–Crippen MR) is 113 cm³/mol. The van der Waals surface area contributed by atoms with Crippen molar-refractivity contribution in [3.05, 3.63) is 59.4 Å². The molecule has 0 radical (unpaired) electrons. The second-order valence-electron chi connectivity index (χ2n) is 6.78. The molecule has 0 aromatic heterocycles. The number of halogens is 3. The van der Waals surface area contributed by atoms with E-state index in [-0.39, 0.29) is 11.3 Å². The monoisotopic (exact) mass is 471 g/mol. The first-order chi connectivity index (χ1) is 15.1. The van der Waals surface area contributed by atoms with Crippen molar-refractivity contribution in [2.75, 3.05) is 25.0 Å². The van der Waals surface area contributed by atoms with Crippen LogP contribution < -0.4 is 10.6 Å². The maximum Gasteiger partial charge on any atom is 0.243 e. The van der Waals surface area contributed by atoms with Gasteiger partial charge in [0.15, 0.2) is 17.5 Å². The fourth-order valence-corrected chi connectivity index (χ4v) is 4.34. The summed E-state index contributed by atoms with van der Waals surface area (Å²) in [5.41, 5.74) is 0.190. The Balaban J connectivity index is 1.84. The molecule has 0 saturated carbocycles. The molecule has 2 aromatic carbocycles. The zero-order chi connectivity index (χ0) is 23.9. The van der Waals surface area contributed by atoms with Crippen LogP contribution in [0.15, 0.2) is 41.3 Å². The molecule has 32 heavy (non-hydrogen) atoms. The van der Waals surface area contributed by atoms with Crippen molar-refractivity contribution < 1.29 is 31.2 Å². The van der Waals surface area contributed by atoms with Gasteiger partial charge in [0.05, 0.1) is 17.1 Å². The van der Waals surface area contributed by atoms with Gasteiger partial charge in [-0.05, 0) is 36.2 Å². The van der Waals surface area contributed by atoms with E-state index in [1.54, 1.807) is 26.0 Å². The first-order valence-electron chi connectivity index (χ1n) is 9.89. The van der Waals surface area contributed by atoms with Crippen LogP contribution in [0.1, 0.15) is 25.8 Å². The summed E-state index contributed by atoms with van der Waals surface area (Å²) in [4.78, 5) is 23.9. The quantitative estimate of drug-likeness (QED) is 0.521. The van der Waals surface area contributed by atoms with Crippen LogP contribution in [0.25, 0.3) is 0 Å². The third-order valence-corrected chi connectivity index (χ3v) is 6.73. The van der Waals surface area contributed by atoms with E-state index in [4.69, 9.17) is 0 Å². The Bertz CT molecular complexity index is 1070. The van der Waals surface area contributed by atoms with Crippen molar-refractivity contribution >= 4 is 27.5 Å². The molecule has 0 spiro atoms. The zero-order valence-corrected chi connectivity index (χ0v) is 18.4. The van der Waals surface area contributed by atoms with Crippen molar-refractivity contribution in [1.82, 2.24) is 9.62 Å². The normalized spacial score (nSPS) is 11.4. The number of benzene rings is 2. The molecular formula is C21H24F3N3O4S. The molecule has 0 fully saturated rings. The lowest BCUT2D eigenvalue weighted by Gasteiger charge is -2.18. The molecule has 0 bridgehead atoms. The number of nitrogens with one attached hydrogen (secondary N) is 2. The molecule has 2 rings (SSSR count). The van der Waals surface area contributed by atoms with Crippen LogP contribution in [0, 0.1) is 17.5 Å². The highest BCUT2D eigenvalue weighted by atomic mass is 32.2. The van der Waals surface area contributed by atoms with E-state index in [9.17, 15) is 31.2 Å². The van der Waals surface area contributed by atoms with Crippen LogP contribution in [0.2, 0.25) is 0 Å². The molecule has 0 heterocycles. The lowest BCUT2D eigenvalue weighted by molar-refractivity contribution is -0.124. The maximum atomic E-state index is 13.6. The minimum Gasteiger partial charge on any atom is -0.347 e. The van der Waals surface area contributed by atoms with Crippen LogP contribution in [0.4, 0.5) is 18.9 Å². The Morgan fingerprint density at radius 3 is 2.12 bits per heavy atom. The number of sulfonamides is 1. The summed E-state index contributed by atoms with van der Waals surface area (Å²) in [5.74, 6) is -5.90. The molecule has 2 amide bonds. The summed E-state index contributed by atoms with van der Waals surface area (Å²) >= 11 is 0. The fraction of sp³-hybridized carbons (Fsp3) is 0.333. The van der Waals surface area contributed by atoms with Crippen molar-refractivity contribution in [2.45, 2.75) is 31.6 Å². The number of hydrogen-bond acceptors (Lipinski definition) is 4. The lowest BCUT2D eigenvalue weighted by atomic mass is 10.1. The van der Waals surface area contributed by atoms with Gasteiger partial charge in [-0.3, -0.25) is 9.59 Å². The van der Waals surface area contributed by atoms with E-state index < -0.39 is 51.5 Å². The van der Waals surface area contributed by atoms with Gasteiger partial charge in [-0.1, -0.05) is 26.0 Å². The first kappa shape index (κ1) is 25.3. The number of carbonyl (C=O) groups is 2.